The molecule has 4 aliphatic rings. The van der Waals surface area contributed by atoms with Gasteiger partial charge in [-0.05, 0) is 186 Å². The largest absolute Gasteiger partial charge is 0.465 e. The first kappa shape index (κ1) is 59.5. The fourth-order valence-corrected chi connectivity index (χ4v) is 13.8. The minimum Gasteiger partial charge on any atom is -0.465 e. The van der Waals surface area contributed by atoms with Crippen molar-refractivity contribution in [1.82, 2.24) is 9.97 Å². The minimum absolute atomic E-state index is 0.0916. The van der Waals surface area contributed by atoms with Crippen LogP contribution in [0.2, 0.25) is 0 Å². The van der Waals surface area contributed by atoms with Crippen LogP contribution in [0.4, 0.5) is 0 Å². The SMILES string of the molecule is C=CC(=O)Cc1ccc(OC(=O)C2CCC(C(=O)OCC3CCC(C(=O)Oc4ccc(OC(=O)C5CCC(COC(=O)C6CCC(C(=O)Oc7ccc(CC(=O)C=C)cc7)CC6)CC5)c5sc(-c6nc7ccccc7s6)nc45)CC3)CC2)cc1. The van der Waals surface area contributed by atoms with Crippen molar-refractivity contribution in [2.75, 3.05) is 13.2 Å². The van der Waals surface area contributed by atoms with Gasteiger partial charge in [0.2, 0.25) is 0 Å². The highest BCUT2D eigenvalue weighted by Gasteiger charge is 2.36. The summed E-state index contributed by atoms with van der Waals surface area (Å²) in [4.78, 5) is 113. The van der Waals surface area contributed by atoms with Crippen molar-refractivity contribution in [3.05, 3.63) is 121 Å². The number of ketones is 2. The lowest BCUT2D eigenvalue weighted by atomic mass is 9.81. The van der Waals surface area contributed by atoms with Gasteiger partial charge in [0, 0.05) is 12.8 Å². The average Bonchev–Trinajstić information content (AvgIpc) is 3.18. The number of ether oxygens (including phenoxy) is 6. The van der Waals surface area contributed by atoms with Crippen LogP contribution in [-0.4, -0.2) is 70.6 Å². The van der Waals surface area contributed by atoms with Gasteiger partial charge in [0.25, 0.3) is 0 Å². The van der Waals surface area contributed by atoms with Gasteiger partial charge in [0.05, 0.1) is 58.9 Å². The summed E-state index contributed by atoms with van der Waals surface area (Å²) in [5, 5.41) is 1.28. The van der Waals surface area contributed by atoms with Crippen LogP contribution >= 0.6 is 22.7 Å². The molecule has 2 aromatic heterocycles. The summed E-state index contributed by atoms with van der Waals surface area (Å²) in [5.41, 5.74) is 2.83. The molecule has 4 saturated carbocycles. The number of aromatic nitrogens is 2. The lowest BCUT2D eigenvalue weighted by Gasteiger charge is -2.29. The highest BCUT2D eigenvalue weighted by molar-refractivity contribution is 7.28. The third-order valence-electron chi connectivity index (χ3n) is 16.9. The van der Waals surface area contributed by atoms with Crippen LogP contribution in [-0.2, 0) is 60.7 Å². The number of thiazole rings is 2. The Balaban J connectivity index is 0.670. The Kier molecular flexibility index (Phi) is 19.7. The molecule has 0 amide bonds. The first-order chi connectivity index (χ1) is 40.7. The third-order valence-corrected chi connectivity index (χ3v) is 19.2. The molecular weight excluding hydrogens is 1110 g/mol. The van der Waals surface area contributed by atoms with E-state index >= 15 is 0 Å². The number of para-hydroxylation sites is 1. The number of rotatable bonds is 21. The van der Waals surface area contributed by atoms with Crippen molar-refractivity contribution < 1.29 is 66.8 Å². The normalized spacial score (nSPS) is 22.4. The molecule has 4 fully saturated rings. The molecule has 0 saturated heterocycles. The second-order valence-corrected chi connectivity index (χ2v) is 24.7. The lowest BCUT2D eigenvalue weighted by molar-refractivity contribution is -0.154. The van der Waals surface area contributed by atoms with Gasteiger partial charge in [-0.25, -0.2) is 9.97 Å². The number of fused-ring (bicyclic) bond motifs is 2. The Hall–Kier alpha value is -7.70. The van der Waals surface area contributed by atoms with Crippen molar-refractivity contribution in [2.24, 2.45) is 47.3 Å². The molecule has 6 aromatic rings. The van der Waals surface area contributed by atoms with Crippen LogP contribution in [0.5, 0.6) is 23.0 Å². The predicted octanol–water partition coefficient (Wildman–Crippen LogP) is 12.5. The number of allylic oxidation sites excluding steroid dienone is 2. The smallest absolute Gasteiger partial charge is 0.314 e. The van der Waals surface area contributed by atoms with E-state index < -0.39 is 0 Å². The van der Waals surface area contributed by atoms with Gasteiger partial charge in [-0.1, -0.05) is 49.6 Å². The molecule has 0 bridgehead atoms. The van der Waals surface area contributed by atoms with Gasteiger partial charge in [0.1, 0.15) is 21.7 Å². The summed E-state index contributed by atoms with van der Waals surface area (Å²) >= 11 is 2.81. The van der Waals surface area contributed by atoms with E-state index in [0.717, 1.165) is 21.3 Å². The van der Waals surface area contributed by atoms with Gasteiger partial charge in [-0.3, -0.25) is 38.4 Å². The molecule has 4 aliphatic carbocycles. The van der Waals surface area contributed by atoms with E-state index in [1.807, 2.05) is 24.3 Å². The molecule has 0 N–H and O–H groups in total. The second-order valence-electron chi connectivity index (χ2n) is 22.7. The summed E-state index contributed by atoms with van der Waals surface area (Å²) in [5.74, 6) is -2.53. The van der Waals surface area contributed by atoms with Crippen molar-refractivity contribution in [1.29, 1.82) is 0 Å². The van der Waals surface area contributed by atoms with Crippen LogP contribution in [0, 0.1) is 47.3 Å². The molecule has 2 heterocycles. The topological polar surface area (TPSA) is 218 Å². The number of benzene rings is 4. The fourth-order valence-electron chi connectivity index (χ4n) is 11.8. The average molecular weight is 1180 g/mol. The van der Waals surface area contributed by atoms with Gasteiger partial charge >= 0.3 is 35.8 Å². The second kappa shape index (κ2) is 27.8. The Morgan fingerprint density at radius 2 is 0.810 bits per heavy atom. The third kappa shape index (κ3) is 15.2. The molecule has 0 spiro atoms. The highest BCUT2D eigenvalue weighted by Crippen LogP contribution is 2.44. The molecule has 10 rings (SSSR count). The number of nitrogens with zero attached hydrogens (tertiary/aromatic N) is 2. The van der Waals surface area contributed by atoms with Gasteiger partial charge < -0.3 is 28.4 Å². The van der Waals surface area contributed by atoms with Gasteiger partial charge in [-0.2, -0.15) is 0 Å². The van der Waals surface area contributed by atoms with Crippen molar-refractivity contribution in [2.45, 2.75) is 116 Å². The zero-order valence-electron chi connectivity index (χ0n) is 46.8. The van der Waals surface area contributed by atoms with E-state index in [1.165, 1.54) is 34.8 Å². The number of hydrogen-bond donors (Lipinski definition) is 0. The number of hydrogen-bond acceptors (Lipinski definition) is 18. The summed E-state index contributed by atoms with van der Waals surface area (Å²) in [7, 11) is 0. The van der Waals surface area contributed by atoms with Gasteiger partial charge in [-0.15, -0.1) is 22.7 Å². The number of esters is 6. The Labute approximate surface area is 495 Å². The maximum Gasteiger partial charge on any atom is 0.314 e. The quantitative estimate of drug-likeness (QED) is 0.0372. The first-order valence-corrected chi connectivity index (χ1v) is 30.9. The van der Waals surface area contributed by atoms with Crippen molar-refractivity contribution in [3.8, 4) is 33.0 Å². The Bertz CT molecular complexity index is 3190. The molecule has 0 atom stereocenters. The zero-order valence-corrected chi connectivity index (χ0v) is 48.5. The summed E-state index contributed by atoms with van der Waals surface area (Å²) in [6.45, 7) is 7.52. The highest BCUT2D eigenvalue weighted by atomic mass is 32.1. The molecule has 84 heavy (non-hydrogen) atoms. The first-order valence-electron chi connectivity index (χ1n) is 29.2. The number of carbonyl (C=O) groups excluding carboxylic acids is 8. The van der Waals surface area contributed by atoms with E-state index in [2.05, 4.69) is 13.2 Å². The molecule has 18 heteroatoms. The van der Waals surface area contributed by atoms with Crippen LogP contribution < -0.4 is 18.9 Å². The fraction of sp³-hybridized carbons (Fsp3) is 0.424. The summed E-state index contributed by atoms with van der Waals surface area (Å²) in [6.07, 6.45) is 12.2. The standard InChI is InChI=1S/C66H68N2O14S2/c1-3-49(69)35-39-13-29-51(30-14-39)79-63(73)47-25-21-43(22-26-47)61(71)77-37-41-9-17-45(18-10-41)65(75)81-54-33-34-55(58-57(54)68-60(84-58)59-67-53-7-5-6-8-56(53)83-59)82-66(76)46-19-11-42(12-20-46)38-78-62(72)44-23-27-48(28-24-44)64(74)80-52-31-15-40(16-32-52)36-50(70)4-2/h3-8,13-16,29-34,41-48H,1-2,9-12,17-28,35-38H2. The molecule has 4 aromatic carbocycles. The van der Waals surface area contributed by atoms with Crippen LogP contribution in [0.15, 0.2) is 110 Å². The van der Waals surface area contributed by atoms with E-state index in [1.54, 1.807) is 60.7 Å². The molecule has 0 aliphatic heterocycles. The van der Waals surface area contributed by atoms with E-state index in [4.69, 9.17) is 38.4 Å². The van der Waals surface area contributed by atoms with E-state index in [9.17, 15) is 38.4 Å². The lowest BCUT2D eigenvalue weighted by Crippen LogP contribution is -2.31. The molecule has 0 unspecified atom stereocenters. The molecule has 438 valence electrons. The van der Waals surface area contributed by atoms with Gasteiger partial charge in [0.15, 0.2) is 33.1 Å². The minimum atomic E-state index is -0.384. The van der Waals surface area contributed by atoms with Crippen molar-refractivity contribution in [3.63, 3.8) is 0 Å². The zero-order chi connectivity index (χ0) is 58.7. The maximum absolute atomic E-state index is 13.9. The van der Waals surface area contributed by atoms with Crippen LogP contribution in [0.25, 0.3) is 30.4 Å². The van der Waals surface area contributed by atoms with Crippen molar-refractivity contribution >= 4 is 90.5 Å². The Morgan fingerprint density at radius 3 is 1.25 bits per heavy atom. The van der Waals surface area contributed by atoms with E-state index in [0.29, 0.717) is 140 Å². The summed E-state index contributed by atoms with van der Waals surface area (Å²) in [6, 6.07) is 24.8. The summed E-state index contributed by atoms with van der Waals surface area (Å²) < 4.78 is 36.7. The Morgan fingerprint density at radius 1 is 0.429 bits per heavy atom. The molecule has 16 nitrogen and oxygen atoms in total. The van der Waals surface area contributed by atoms with Crippen LogP contribution in [0.1, 0.15) is 114 Å². The molecular formula is C66H68N2O14S2. The van der Waals surface area contributed by atoms with Crippen LogP contribution in [0.3, 0.4) is 0 Å². The number of carbonyl (C=O) groups is 8. The monoisotopic (exact) mass is 1180 g/mol. The predicted molar refractivity (Wildman–Crippen MR) is 315 cm³/mol. The van der Waals surface area contributed by atoms with E-state index in [-0.39, 0.29) is 127 Å². The molecule has 0 radical (unpaired) electrons. The maximum atomic E-state index is 13.9.